The molecule has 0 amide bonds. The van der Waals surface area contributed by atoms with Gasteiger partial charge in [0.2, 0.25) is 0 Å². The van der Waals surface area contributed by atoms with Crippen LogP contribution in [-0.4, -0.2) is 45.5 Å². The van der Waals surface area contributed by atoms with Crippen molar-refractivity contribution in [2.75, 3.05) is 31.7 Å². The second-order valence-electron chi connectivity index (χ2n) is 7.94. The molecule has 4 aromatic rings. The van der Waals surface area contributed by atoms with Gasteiger partial charge in [-0.25, -0.2) is 9.97 Å². The first-order chi connectivity index (χ1) is 16.7. The number of benzene rings is 1. The number of rotatable bonds is 11. The van der Waals surface area contributed by atoms with Gasteiger partial charge in [-0.2, -0.15) is 12.6 Å². The number of nitrogens with one attached hydrogen (secondary N) is 1. The minimum absolute atomic E-state index is 0.447. The van der Waals surface area contributed by atoms with E-state index >= 15 is 0 Å². The number of pyridine rings is 2. The maximum Gasteiger partial charge on any atom is 0.152 e. The molecule has 3 aromatic heterocycles. The number of aromatic nitrogens is 4. The van der Waals surface area contributed by atoms with Crippen LogP contribution in [0.25, 0.3) is 33.1 Å². The quantitative estimate of drug-likeness (QED) is 0.205. The molecule has 1 aromatic carbocycles. The number of anilines is 1. The van der Waals surface area contributed by atoms with E-state index in [4.69, 9.17) is 15.5 Å². The number of fused-ring (bicyclic) bond motifs is 3. The molecule has 0 aliphatic rings. The maximum absolute atomic E-state index is 6.38. The van der Waals surface area contributed by atoms with Crippen molar-refractivity contribution in [3.05, 3.63) is 48.5 Å². The summed E-state index contributed by atoms with van der Waals surface area (Å²) >= 11 is 3.53. The summed E-state index contributed by atoms with van der Waals surface area (Å²) in [5, 5.41) is 4.60. The third-order valence-corrected chi connectivity index (χ3v) is 5.68. The first-order valence-corrected chi connectivity index (χ1v) is 12.8. The van der Waals surface area contributed by atoms with Crippen LogP contribution >= 0.6 is 12.6 Å². The SMILES string of the molecule is CCCCCNCCn1c(COCC)nc2c(N)nc3cc(-c4cccnc4)ccc3c21.CS. The van der Waals surface area contributed by atoms with Gasteiger partial charge in [-0.1, -0.05) is 38.0 Å². The maximum atomic E-state index is 6.38. The third-order valence-electron chi connectivity index (χ3n) is 5.68. The molecule has 182 valence electrons. The van der Waals surface area contributed by atoms with Crippen LogP contribution in [0.4, 0.5) is 5.82 Å². The van der Waals surface area contributed by atoms with E-state index in [9.17, 15) is 0 Å². The standard InChI is InChI=1S/C25H32N6O.CH4S/c1-3-5-6-11-27-13-14-31-22(17-32-4-2)30-23-24(31)20-10-9-18(15-21(20)29-25(23)26)19-8-7-12-28-16-19;1-2/h7-10,12,15-16,27H,3-6,11,13-14,17H2,1-2H3,(H2,26,29);2H,1H3. The van der Waals surface area contributed by atoms with Gasteiger partial charge in [-0.3, -0.25) is 4.98 Å². The summed E-state index contributed by atoms with van der Waals surface area (Å²) in [7, 11) is 0. The lowest BCUT2D eigenvalue weighted by Crippen LogP contribution is -2.22. The fourth-order valence-electron chi connectivity index (χ4n) is 4.03. The lowest BCUT2D eigenvalue weighted by molar-refractivity contribution is 0.126. The fourth-order valence-corrected chi connectivity index (χ4v) is 4.03. The molecule has 0 fully saturated rings. The van der Waals surface area contributed by atoms with Gasteiger partial charge in [0.1, 0.15) is 17.9 Å². The normalized spacial score (nSPS) is 11.1. The molecule has 8 heteroatoms. The van der Waals surface area contributed by atoms with Crippen LogP contribution in [0.2, 0.25) is 0 Å². The molecular weight excluding hydrogens is 444 g/mol. The van der Waals surface area contributed by atoms with Crippen LogP contribution in [0.1, 0.15) is 38.9 Å². The number of nitrogens with two attached hydrogens (primary N) is 1. The lowest BCUT2D eigenvalue weighted by atomic mass is 10.0. The number of imidazole rings is 1. The van der Waals surface area contributed by atoms with E-state index in [0.29, 0.717) is 19.0 Å². The average Bonchev–Trinajstić information content (AvgIpc) is 3.25. The van der Waals surface area contributed by atoms with Gasteiger partial charge in [-0.05, 0) is 43.8 Å². The van der Waals surface area contributed by atoms with Crippen molar-refractivity contribution in [2.45, 2.75) is 46.3 Å². The van der Waals surface area contributed by atoms with E-state index in [2.05, 4.69) is 57.6 Å². The molecular formula is C26H36N6OS. The predicted octanol–water partition coefficient (Wildman–Crippen LogP) is 5.09. The summed E-state index contributed by atoms with van der Waals surface area (Å²) in [6, 6.07) is 10.3. The van der Waals surface area contributed by atoms with E-state index in [0.717, 1.165) is 58.5 Å². The number of unbranched alkanes of at least 4 members (excludes halogenated alkanes) is 2. The van der Waals surface area contributed by atoms with Crippen molar-refractivity contribution in [3.63, 3.8) is 0 Å². The summed E-state index contributed by atoms with van der Waals surface area (Å²) in [6.45, 7) is 8.01. The van der Waals surface area contributed by atoms with Crippen molar-refractivity contribution in [2.24, 2.45) is 0 Å². The highest BCUT2D eigenvalue weighted by atomic mass is 32.1. The Kier molecular flexibility index (Phi) is 10.1. The van der Waals surface area contributed by atoms with Crippen LogP contribution in [0.5, 0.6) is 0 Å². The van der Waals surface area contributed by atoms with Crippen LogP contribution in [-0.2, 0) is 17.9 Å². The molecule has 3 heterocycles. The molecule has 0 saturated carbocycles. The largest absolute Gasteiger partial charge is 0.382 e. The Balaban J connectivity index is 0.00000158. The van der Waals surface area contributed by atoms with E-state index in [1.165, 1.54) is 19.3 Å². The van der Waals surface area contributed by atoms with Crippen LogP contribution < -0.4 is 11.1 Å². The molecule has 7 nitrogen and oxygen atoms in total. The van der Waals surface area contributed by atoms with E-state index < -0.39 is 0 Å². The molecule has 34 heavy (non-hydrogen) atoms. The molecule has 0 saturated heterocycles. The summed E-state index contributed by atoms with van der Waals surface area (Å²) in [5.74, 6) is 1.33. The Labute approximate surface area is 207 Å². The molecule has 4 rings (SSSR count). The summed E-state index contributed by atoms with van der Waals surface area (Å²) in [5.41, 5.74) is 11.1. The predicted molar refractivity (Wildman–Crippen MR) is 145 cm³/mol. The van der Waals surface area contributed by atoms with Gasteiger partial charge in [0, 0.05) is 43.0 Å². The molecule has 0 unspecified atom stereocenters. The molecule has 0 aliphatic carbocycles. The number of ether oxygens (including phenoxy) is 1. The van der Waals surface area contributed by atoms with E-state index in [1.807, 2.05) is 25.3 Å². The first-order valence-electron chi connectivity index (χ1n) is 11.9. The van der Waals surface area contributed by atoms with Gasteiger partial charge in [0.25, 0.3) is 0 Å². The van der Waals surface area contributed by atoms with Crippen LogP contribution in [0.15, 0.2) is 42.7 Å². The van der Waals surface area contributed by atoms with Crippen molar-refractivity contribution >= 4 is 40.4 Å². The van der Waals surface area contributed by atoms with Gasteiger partial charge < -0.3 is 20.4 Å². The van der Waals surface area contributed by atoms with Crippen LogP contribution in [0, 0.1) is 0 Å². The third kappa shape index (κ3) is 6.05. The Hall–Kier alpha value is -2.68. The number of nitrogens with zero attached hydrogens (tertiary/aromatic N) is 4. The zero-order valence-electron chi connectivity index (χ0n) is 20.4. The van der Waals surface area contributed by atoms with Crippen LogP contribution in [0.3, 0.4) is 0 Å². The zero-order valence-corrected chi connectivity index (χ0v) is 21.3. The molecule has 3 N–H and O–H groups in total. The number of hydrogen-bond donors (Lipinski definition) is 3. The second kappa shape index (κ2) is 13.3. The lowest BCUT2D eigenvalue weighted by Gasteiger charge is -2.12. The van der Waals surface area contributed by atoms with E-state index in [-0.39, 0.29) is 0 Å². The topological polar surface area (TPSA) is 90.9 Å². The summed E-state index contributed by atoms with van der Waals surface area (Å²) in [6.07, 6.45) is 9.01. The molecule has 0 atom stereocenters. The minimum Gasteiger partial charge on any atom is -0.382 e. The first kappa shape index (κ1) is 25.9. The highest BCUT2D eigenvalue weighted by Crippen LogP contribution is 2.31. The second-order valence-corrected chi connectivity index (χ2v) is 7.94. The van der Waals surface area contributed by atoms with Gasteiger partial charge in [-0.15, -0.1) is 0 Å². The number of hydrogen-bond acceptors (Lipinski definition) is 7. The Morgan fingerprint density at radius 1 is 1.06 bits per heavy atom. The average molecular weight is 481 g/mol. The molecule has 0 aliphatic heterocycles. The summed E-state index contributed by atoms with van der Waals surface area (Å²) < 4.78 is 7.94. The van der Waals surface area contributed by atoms with Crippen molar-refractivity contribution in [1.29, 1.82) is 0 Å². The van der Waals surface area contributed by atoms with Crippen molar-refractivity contribution in [3.8, 4) is 11.1 Å². The monoisotopic (exact) mass is 480 g/mol. The molecule has 0 radical (unpaired) electrons. The summed E-state index contributed by atoms with van der Waals surface area (Å²) in [4.78, 5) is 13.7. The smallest absolute Gasteiger partial charge is 0.152 e. The molecule has 0 spiro atoms. The number of thiol groups is 1. The highest BCUT2D eigenvalue weighted by Gasteiger charge is 2.17. The van der Waals surface area contributed by atoms with Crippen molar-refractivity contribution in [1.82, 2.24) is 24.8 Å². The van der Waals surface area contributed by atoms with Crippen molar-refractivity contribution < 1.29 is 4.74 Å². The van der Waals surface area contributed by atoms with Gasteiger partial charge >= 0.3 is 0 Å². The molecule has 0 bridgehead atoms. The Morgan fingerprint density at radius 2 is 1.91 bits per heavy atom. The highest BCUT2D eigenvalue weighted by molar-refractivity contribution is 7.79. The van der Waals surface area contributed by atoms with Gasteiger partial charge in [0.05, 0.1) is 11.0 Å². The number of nitrogen functional groups attached to an aromatic ring is 1. The Bertz CT molecular complexity index is 1180. The zero-order chi connectivity index (χ0) is 24.3. The van der Waals surface area contributed by atoms with E-state index in [1.54, 1.807) is 12.5 Å². The van der Waals surface area contributed by atoms with Gasteiger partial charge in [0.15, 0.2) is 5.82 Å². The fraction of sp³-hybridized carbons (Fsp3) is 0.423. The Morgan fingerprint density at radius 3 is 2.65 bits per heavy atom. The minimum atomic E-state index is 0.447.